The molecule has 0 unspecified atom stereocenters. The number of ether oxygens (including phenoxy) is 2. The van der Waals surface area contributed by atoms with Gasteiger partial charge in [0.05, 0.1) is 24.4 Å². The number of benzene rings is 2. The number of methoxy groups -OCH3 is 1. The highest BCUT2D eigenvalue weighted by molar-refractivity contribution is 6.30. The maximum absolute atomic E-state index is 13.8. The molecule has 0 bridgehead atoms. The monoisotopic (exact) mass is 563 g/mol. The summed E-state index contributed by atoms with van der Waals surface area (Å²) >= 11 is 6.16. The Hall–Kier alpha value is -4.57. The van der Waals surface area contributed by atoms with E-state index >= 15 is 0 Å². The number of carbonyl (C=O) groups is 5. The molecule has 1 aliphatic heterocycles. The van der Waals surface area contributed by atoms with Crippen molar-refractivity contribution in [2.75, 3.05) is 19.0 Å². The lowest BCUT2D eigenvalue weighted by molar-refractivity contribution is -0.144. The minimum atomic E-state index is -0.837. The summed E-state index contributed by atoms with van der Waals surface area (Å²) in [7, 11) is 1.20. The number of hydrogen-bond acceptors (Lipinski definition) is 8. The fourth-order valence-electron chi connectivity index (χ4n) is 4.45. The standard InChI is InChI=1S/C29H26ClN3O7/c1-17(34)40-16-27(36)32-24-11-18(6-8-23(24)29(38)39-2)15-33-25(14-21-5-3-4-10-31-21)26(35)13-19-12-20(30)7-9-22(19)28(33)37/h3-12,25H,13-16H2,1-2H3,(H,32,36)/t25-/m1/s1. The van der Waals surface area contributed by atoms with Gasteiger partial charge in [-0.05, 0) is 53.6 Å². The number of Topliss-reactive ketones (excluding diaryl/α,β-unsaturated/α-hetero) is 1. The lowest BCUT2D eigenvalue weighted by atomic mass is 9.99. The van der Waals surface area contributed by atoms with Crippen LogP contribution >= 0.6 is 11.6 Å². The molecular weight excluding hydrogens is 538 g/mol. The molecule has 1 aliphatic rings. The summed E-state index contributed by atoms with van der Waals surface area (Å²) in [5.41, 5.74) is 2.23. The lowest BCUT2D eigenvalue weighted by Gasteiger charge is -2.29. The Morgan fingerprint density at radius 1 is 1.10 bits per heavy atom. The zero-order chi connectivity index (χ0) is 28.8. The van der Waals surface area contributed by atoms with Crippen molar-refractivity contribution >= 4 is 46.8 Å². The Morgan fingerprint density at radius 3 is 2.60 bits per heavy atom. The van der Waals surface area contributed by atoms with Crippen molar-refractivity contribution in [1.82, 2.24) is 9.88 Å². The van der Waals surface area contributed by atoms with Gasteiger partial charge in [0.2, 0.25) is 0 Å². The van der Waals surface area contributed by atoms with Gasteiger partial charge in [0.15, 0.2) is 12.4 Å². The summed E-state index contributed by atoms with van der Waals surface area (Å²) in [5, 5.41) is 2.97. The van der Waals surface area contributed by atoms with E-state index in [2.05, 4.69) is 10.3 Å². The van der Waals surface area contributed by atoms with E-state index in [0.717, 1.165) is 0 Å². The first-order valence-electron chi connectivity index (χ1n) is 12.3. The highest BCUT2D eigenvalue weighted by Crippen LogP contribution is 2.28. The van der Waals surface area contributed by atoms with E-state index in [9.17, 15) is 24.0 Å². The third kappa shape index (κ3) is 6.70. The molecule has 2 amide bonds. The normalized spacial score (nSPS) is 14.7. The van der Waals surface area contributed by atoms with Gasteiger partial charge in [0, 0.05) is 48.8 Å². The van der Waals surface area contributed by atoms with Gasteiger partial charge >= 0.3 is 11.9 Å². The van der Waals surface area contributed by atoms with Crippen LogP contribution in [0.5, 0.6) is 0 Å². The average Bonchev–Trinajstić information content (AvgIpc) is 3.02. The predicted molar refractivity (Wildman–Crippen MR) is 145 cm³/mol. The molecule has 1 atom stereocenters. The van der Waals surface area contributed by atoms with Crippen LogP contribution in [0.15, 0.2) is 60.8 Å². The minimum absolute atomic E-state index is 0.0155. The average molecular weight is 564 g/mol. The SMILES string of the molecule is COC(=O)c1ccc(CN2C(=O)c3ccc(Cl)cc3CC(=O)[C@H]2Cc2ccccn2)cc1NC(=O)COC(C)=O. The summed E-state index contributed by atoms with van der Waals surface area (Å²) < 4.78 is 9.56. The van der Waals surface area contributed by atoms with Gasteiger partial charge in [0.25, 0.3) is 11.8 Å². The van der Waals surface area contributed by atoms with Crippen LogP contribution in [-0.4, -0.2) is 59.2 Å². The largest absolute Gasteiger partial charge is 0.465 e. The summed E-state index contributed by atoms with van der Waals surface area (Å²) in [6, 6.07) is 13.9. The molecule has 0 spiro atoms. The van der Waals surface area contributed by atoms with Gasteiger partial charge in [-0.15, -0.1) is 0 Å². The van der Waals surface area contributed by atoms with Gasteiger partial charge in [0.1, 0.15) is 0 Å². The van der Waals surface area contributed by atoms with Crippen LogP contribution in [0, 0.1) is 0 Å². The van der Waals surface area contributed by atoms with Crippen LogP contribution in [0.1, 0.15) is 44.5 Å². The number of amides is 2. The molecular formula is C29H26ClN3O7. The predicted octanol–water partition coefficient (Wildman–Crippen LogP) is 3.40. The first-order valence-corrected chi connectivity index (χ1v) is 12.7. The van der Waals surface area contributed by atoms with Crippen molar-refractivity contribution in [1.29, 1.82) is 0 Å². The number of anilines is 1. The van der Waals surface area contributed by atoms with Crippen molar-refractivity contribution in [2.24, 2.45) is 0 Å². The molecule has 4 rings (SSSR count). The summed E-state index contributed by atoms with van der Waals surface area (Å²) in [5.74, 6) is -2.55. The Morgan fingerprint density at radius 2 is 1.90 bits per heavy atom. The zero-order valence-electron chi connectivity index (χ0n) is 21.8. The molecule has 3 aromatic rings. The molecule has 1 aromatic heterocycles. The second kappa shape index (κ2) is 12.5. The van der Waals surface area contributed by atoms with Crippen molar-refractivity contribution in [3.05, 3.63) is 93.8 Å². The molecule has 2 heterocycles. The first kappa shape index (κ1) is 28.4. The van der Waals surface area contributed by atoms with Crippen molar-refractivity contribution in [2.45, 2.75) is 32.4 Å². The molecule has 0 fully saturated rings. The third-order valence-corrected chi connectivity index (χ3v) is 6.56. The number of pyridine rings is 1. The van der Waals surface area contributed by atoms with Gasteiger partial charge < -0.3 is 19.7 Å². The summed E-state index contributed by atoms with van der Waals surface area (Å²) in [4.78, 5) is 69.0. The van der Waals surface area contributed by atoms with E-state index in [0.29, 0.717) is 27.4 Å². The summed E-state index contributed by atoms with van der Waals surface area (Å²) in [6.45, 7) is 0.601. The molecule has 206 valence electrons. The van der Waals surface area contributed by atoms with Gasteiger partial charge in [-0.3, -0.25) is 24.2 Å². The van der Waals surface area contributed by atoms with Crippen molar-refractivity contribution in [3.8, 4) is 0 Å². The maximum Gasteiger partial charge on any atom is 0.339 e. The Bertz CT molecular complexity index is 1480. The number of hydrogen-bond donors (Lipinski definition) is 1. The molecule has 0 aliphatic carbocycles. The van der Waals surface area contributed by atoms with Gasteiger partial charge in [-0.2, -0.15) is 0 Å². The number of fused-ring (bicyclic) bond motifs is 1. The first-order chi connectivity index (χ1) is 19.2. The highest BCUT2D eigenvalue weighted by atomic mass is 35.5. The number of aromatic nitrogens is 1. The summed E-state index contributed by atoms with van der Waals surface area (Å²) in [6.07, 6.45) is 1.83. The number of esters is 2. The van der Waals surface area contributed by atoms with Crippen LogP contribution in [0.4, 0.5) is 5.69 Å². The third-order valence-electron chi connectivity index (χ3n) is 6.32. The van der Waals surface area contributed by atoms with Gasteiger partial charge in [-0.1, -0.05) is 23.7 Å². The van der Waals surface area contributed by atoms with Crippen LogP contribution < -0.4 is 5.32 Å². The lowest BCUT2D eigenvalue weighted by Crippen LogP contribution is -2.45. The van der Waals surface area contributed by atoms with E-state index in [1.54, 1.807) is 48.7 Å². The zero-order valence-corrected chi connectivity index (χ0v) is 22.6. The Labute approximate surface area is 235 Å². The van der Waals surface area contributed by atoms with Crippen LogP contribution in [0.25, 0.3) is 0 Å². The van der Waals surface area contributed by atoms with E-state index in [4.69, 9.17) is 21.1 Å². The number of nitrogens with one attached hydrogen (secondary N) is 1. The van der Waals surface area contributed by atoms with Crippen LogP contribution in [-0.2, 0) is 43.2 Å². The molecule has 0 saturated heterocycles. The van der Waals surface area contributed by atoms with Gasteiger partial charge in [-0.25, -0.2) is 4.79 Å². The Balaban J connectivity index is 1.72. The van der Waals surface area contributed by atoms with Crippen molar-refractivity contribution in [3.63, 3.8) is 0 Å². The molecule has 40 heavy (non-hydrogen) atoms. The van der Waals surface area contributed by atoms with E-state index in [-0.39, 0.29) is 42.3 Å². The second-order valence-electron chi connectivity index (χ2n) is 9.12. The number of carbonyl (C=O) groups excluding carboxylic acids is 5. The fourth-order valence-corrected chi connectivity index (χ4v) is 4.64. The molecule has 1 N–H and O–H groups in total. The molecule has 0 radical (unpaired) electrons. The van der Waals surface area contributed by atoms with Crippen molar-refractivity contribution < 1.29 is 33.4 Å². The van der Waals surface area contributed by atoms with Crippen LogP contribution in [0.3, 0.4) is 0 Å². The minimum Gasteiger partial charge on any atom is -0.465 e. The number of halogens is 1. The molecule has 11 heteroatoms. The van der Waals surface area contributed by atoms with Crippen LogP contribution in [0.2, 0.25) is 5.02 Å². The van der Waals surface area contributed by atoms with E-state index in [1.807, 2.05) is 0 Å². The highest BCUT2D eigenvalue weighted by Gasteiger charge is 2.36. The van der Waals surface area contributed by atoms with E-state index < -0.39 is 30.5 Å². The molecule has 10 nitrogen and oxygen atoms in total. The second-order valence-corrected chi connectivity index (χ2v) is 9.55. The fraction of sp³-hybridized carbons (Fsp3) is 0.241. The number of ketones is 1. The maximum atomic E-state index is 13.8. The topological polar surface area (TPSA) is 132 Å². The number of rotatable bonds is 8. The number of nitrogens with zero attached hydrogens (tertiary/aromatic N) is 2. The molecule has 2 aromatic carbocycles. The smallest absolute Gasteiger partial charge is 0.339 e. The Kier molecular flexibility index (Phi) is 8.90. The van der Waals surface area contributed by atoms with E-state index in [1.165, 1.54) is 31.1 Å². The molecule has 0 saturated carbocycles. The quantitative estimate of drug-likeness (QED) is 0.412.